The lowest BCUT2D eigenvalue weighted by Crippen LogP contribution is -2.00. The molecule has 0 aliphatic rings. The molecule has 18 heavy (non-hydrogen) atoms. The van der Waals surface area contributed by atoms with E-state index in [1.165, 1.54) is 16.2 Å². The Hall–Kier alpha value is -1.59. The van der Waals surface area contributed by atoms with Crippen LogP contribution in [-0.2, 0) is 4.57 Å². The first kappa shape index (κ1) is 11.5. The first-order valence-corrected chi connectivity index (χ1v) is 7.86. The van der Waals surface area contributed by atoms with Crippen molar-refractivity contribution in [2.75, 3.05) is 6.16 Å². The van der Waals surface area contributed by atoms with Gasteiger partial charge in [-0.15, -0.1) is 0 Å². The molecule has 0 amide bonds. The summed E-state index contributed by atoms with van der Waals surface area (Å²) in [6, 6.07) is 18.7. The van der Waals surface area contributed by atoms with Crippen LogP contribution in [0.2, 0.25) is 0 Å². The first-order chi connectivity index (χ1) is 8.81. The van der Waals surface area contributed by atoms with Crippen molar-refractivity contribution in [2.45, 2.75) is 6.92 Å². The Morgan fingerprint density at radius 2 is 1.50 bits per heavy atom. The molecule has 2 heteroatoms. The number of benzene rings is 3. The molecule has 0 aliphatic carbocycles. The van der Waals surface area contributed by atoms with E-state index >= 15 is 0 Å². The van der Waals surface area contributed by atoms with Gasteiger partial charge in [0.1, 0.15) is 7.80 Å². The first-order valence-electron chi connectivity index (χ1n) is 6.25. The Balaban J connectivity index is 2.50. The minimum absolute atomic E-state index is 0.729. The molecule has 0 saturated carbocycles. The van der Waals surface area contributed by atoms with Crippen molar-refractivity contribution in [1.29, 1.82) is 0 Å². The number of rotatable bonds is 2. The zero-order valence-corrected chi connectivity index (χ0v) is 11.3. The number of hydrogen-bond donors (Lipinski definition) is 0. The molecular formula is C16H15OP. The normalized spacial score (nSPS) is 12.9. The predicted octanol–water partition coefficient (Wildman–Crippen LogP) is 4.20. The van der Waals surface area contributed by atoms with Crippen molar-refractivity contribution in [3.05, 3.63) is 54.6 Å². The molecule has 1 unspecified atom stereocenters. The van der Waals surface area contributed by atoms with Crippen LogP contribution in [0.5, 0.6) is 0 Å². The molecule has 1 nitrogen and oxygen atoms in total. The molecule has 0 N–H and O–H groups in total. The average Bonchev–Trinajstić information content (AvgIpc) is 2.45. The average molecular weight is 254 g/mol. The van der Waals surface area contributed by atoms with Gasteiger partial charge in [0.15, 0.2) is 0 Å². The minimum Gasteiger partial charge on any atom is -0.322 e. The van der Waals surface area contributed by atoms with Gasteiger partial charge >= 0.3 is 0 Å². The SMILES string of the molecule is CC[PH](=O)c1cc2ccccc2c2ccccc12. The maximum Gasteiger partial charge on any atom is 0.104 e. The molecule has 0 saturated heterocycles. The summed E-state index contributed by atoms with van der Waals surface area (Å²) >= 11 is 0. The van der Waals surface area contributed by atoms with Crippen LogP contribution in [0.15, 0.2) is 54.6 Å². The second kappa shape index (κ2) is 4.59. The fourth-order valence-corrected chi connectivity index (χ4v) is 3.69. The second-order valence-corrected chi connectivity index (χ2v) is 6.56. The standard InChI is InChI=1S/C16H15OP/c1-2-18(17)16-11-12-7-3-4-8-13(12)14-9-5-6-10-15(14)16/h3-11,18H,2H2,1H3. The lowest BCUT2D eigenvalue weighted by Gasteiger charge is -2.09. The van der Waals surface area contributed by atoms with E-state index in [4.69, 9.17) is 0 Å². The van der Waals surface area contributed by atoms with E-state index in [0.717, 1.165) is 16.9 Å². The monoisotopic (exact) mass is 254 g/mol. The van der Waals surface area contributed by atoms with Crippen molar-refractivity contribution >= 4 is 34.7 Å². The molecule has 0 aliphatic heterocycles. The predicted molar refractivity (Wildman–Crippen MR) is 80.6 cm³/mol. The Morgan fingerprint density at radius 3 is 2.22 bits per heavy atom. The largest absolute Gasteiger partial charge is 0.322 e. The van der Waals surface area contributed by atoms with Gasteiger partial charge < -0.3 is 4.57 Å². The maximum absolute atomic E-state index is 12.3. The van der Waals surface area contributed by atoms with Crippen LogP contribution in [0.25, 0.3) is 21.5 Å². The summed E-state index contributed by atoms with van der Waals surface area (Å²) < 4.78 is 12.3. The van der Waals surface area contributed by atoms with Gasteiger partial charge in [0.2, 0.25) is 0 Å². The zero-order valence-electron chi connectivity index (χ0n) is 10.3. The van der Waals surface area contributed by atoms with Gasteiger partial charge in [-0.2, -0.15) is 0 Å². The molecule has 90 valence electrons. The molecule has 0 spiro atoms. The van der Waals surface area contributed by atoms with Crippen molar-refractivity contribution < 1.29 is 4.57 Å². The van der Waals surface area contributed by atoms with E-state index in [2.05, 4.69) is 36.4 Å². The Morgan fingerprint density at radius 1 is 0.889 bits per heavy atom. The van der Waals surface area contributed by atoms with Crippen LogP contribution < -0.4 is 5.30 Å². The minimum atomic E-state index is -1.67. The highest BCUT2D eigenvalue weighted by Gasteiger charge is 2.09. The molecule has 1 atom stereocenters. The van der Waals surface area contributed by atoms with Crippen molar-refractivity contribution in [2.24, 2.45) is 0 Å². The van der Waals surface area contributed by atoms with E-state index < -0.39 is 7.80 Å². The molecule has 0 aromatic heterocycles. The van der Waals surface area contributed by atoms with Crippen molar-refractivity contribution in [1.82, 2.24) is 0 Å². The van der Waals surface area contributed by atoms with E-state index in [1.54, 1.807) is 0 Å². The van der Waals surface area contributed by atoms with E-state index in [-0.39, 0.29) is 0 Å². The van der Waals surface area contributed by atoms with Gasteiger partial charge in [-0.05, 0) is 33.8 Å². The molecule has 0 fully saturated rings. The molecule has 0 heterocycles. The zero-order chi connectivity index (χ0) is 12.5. The summed E-state index contributed by atoms with van der Waals surface area (Å²) in [6.07, 6.45) is 0.729. The maximum atomic E-state index is 12.3. The summed E-state index contributed by atoms with van der Waals surface area (Å²) in [5.41, 5.74) is 0. The third kappa shape index (κ3) is 1.76. The van der Waals surface area contributed by atoms with E-state index in [9.17, 15) is 4.57 Å². The molecule has 3 rings (SSSR count). The van der Waals surface area contributed by atoms with Crippen molar-refractivity contribution in [3.8, 4) is 0 Å². The Kier molecular flexibility index (Phi) is 2.93. The Labute approximate surface area is 107 Å². The number of hydrogen-bond acceptors (Lipinski definition) is 1. The van der Waals surface area contributed by atoms with Crippen LogP contribution >= 0.6 is 7.80 Å². The molecule has 3 aromatic rings. The quantitative estimate of drug-likeness (QED) is 0.495. The lowest BCUT2D eigenvalue weighted by atomic mass is 10.0. The summed E-state index contributed by atoms with van der Waals surface area (Å²) in [5, 5.41) is 5.79. The van der Waals surface area contributed by atoms with E-state index in [0.29, 0.717) is 0 Å². The van der Waals surface area contributed by atoms with Gasteiger partial charge in [-0.1, -0.05) is 55.5 Å². The molecular weight excluding hydrogens is 239 g/mol. The number of fused-ring (bicyclic) bond motifs is 3. The second-order valence-electron chi connectivity index (χ2n) is 4.47. The highest BCUT2D eigenvalue weighted by molar-refractivity contribution is 7.54. The van der Waals surface area contributed by atoms with Crippen molar-refractivity contribution in [3.63, 3.8) is 0 Å². The van der Waals surface area contributed by atoms with Crippen LogP contribution in [0.1, 0.15) is 6.92 Å². The Bertz CT molecular complexity index is 746. The van der Waals surface area contributed by atoms with Gasteiger partial charge in [0.05, 0.1) is 0 Å². The summed E-state index contributed by atoms with van der Waals surface area (Å²) in [6.45, 7) is 1.99. The van der Waals surface area contributed by atoms with E-state index in [1.807, 2.05) is 25.1 Å². The van der Waals surface area contributed by atoms with Gasteiger partial charge in [-0.25, -0.2) is 0 Å². The van der Waals surface area contributed by atoms with Crippen LogP contribution in [0.4, 0.5) is 0 Å². The van der Waals surface area contributed by atoms with Gasteiger partial charge in [0.25, 0.3) is 0 Å². The summed E-state index contributed by atoms with van der Waals surface area (Å²) in [4.78, 5) is 0. The van der Waals surface area contributed by atoms with Gasteiger partial charge in [-0.3, -0.25) is 0 Å². The topological polar surface area (TPSA) is 17.1 Å². The van der Waals surface area contributed by atoms with Gasteiger partial charge in [0, 0.05) is 5.30 Å². The fraction of sp³-hybridized carbons (Fsp3) is 0.125. The van der Waals surface area contributed by atoms with Crippen LogP contribution in [-0.4, -0.2) is 6.16 Å². The third-order valence-corrected chi connectivity index (χ3v) is 5.05. The highest BCUT2D eigenvalue weighted by atomic mass is 31.1. The highest BCUT2D eigenvalue weighted by Crippen LogP contribution is 2.30. The summed E-state index contributed by atoms with van der Waals surface area (Å²) in [5.74, 6) is 0. The molecule has 0 bridgehead atoms. The molecule has 0 radical (unpaired) electrons. The third-order valence-electron chi connectivity index (χ3n) is 3.39. The lowest BCUT2D eigenvalue weighted by molar-refractivity contribution is 0.594. The van der Waals surface area contributed by atoms with Crippen LogP contribution in [0.3, 0.4) is 0 Å². The van der Waals surface area contributed by atoms with Crippen LogP contribution in [0, 0.1) is 0 Å². The summed E-state index contributed by atoms with van der Waals surface area (Å²) in [7, 11) is -1.67. The fourth-order valence-electron chi connectivity index (χ4n) is 2.48. The smallest absolute Gasteiger partial charge is 0.104 e. The molecule has 3 aromatic carbocycles.